The number of amides is 1. The maximum absolute atomic E-state index is 13.2. The first-order valence-corrected chi connectivity index (χ1v) is 9.29. The molecule has 0 aliphatic carbocycles. The summed E-state index contributed by atoms with van der Waals surface area (Å²) in [6, 6.07) is 14.0. The molecule has 142 valence electrons. The van der Waals surface area contributed by atoms with E-state index in [0.29, 0.717) is 26.1 Å². The summed E-state index contributed by atoms with van der Waals surface area (Å²) in [7, 11) is 0. The molecule has 0 unspecified atom stereocenters. The van der Waals surface area contributed by atoms with E-state index in [1.54, 1.807) is 15.2 Å². The molecule has 0 aliphatic rings. The molecule has 3 rings (SSSR count). The largest absolute Gasteiger partial charge is 0.356 e. The second-order valence-electron chi connectivity index (χ2n) is 6.55. The third kappa shape index (κ3) is 4.45. The Balaban J connectivity index is 1.60. The van der Waals surface area contributed by atoms with Crippen molar-refractivity contribution in [2.24, 2.45) is 0 Å². The van der Waals surface area contributed by atoms with Crippen molar-refractivity contribution in [3.8, 4) is 0 Å². The van der Waals surface area contributed by atoms with Gasteiger partial charge in [-0.05, 0) is 42.7 Å². The van der Waals surface area contributed by atoms with Crippen LogP contribution in [0.25, 0.3) is 11.0 Å². The molecule has 0 spiro atoms. The van der Waals surface area contributed by atoms with Gasteiger partial charge in [-0.2, -0.15) is 0 Å². The van der Waals surface area contributed by atoms with E-state index in [0.717, 1.165) is 23.0 Å². The standard InChI is InChI=1S/C21H24FN3O2/c1-2-13-24-18-8-3-4-9-19(18)25(21(24)27)14-11-20(26)23-12-10-16-6-5-7-17(22)15-16/h3-9,15H,2,10-14H2,1H3,(H,23,26). The molecule has 27 heavy (non-hydrogen) atoms. The van der Waals surface area contributed by atoms with Gasteiger partial charge in [-0.1, -0.05) is 31.2 Å². The Kier molecular flexibility index (Phi) is 6.06. The Labute approximate surface area is 157 Å². The minimum absolute atomic E-state index is 0.0781. The average Bonchev–Trinajstić information content (AvgIpc) is 2.92. The van der Waals surface area contributed by atoms with Gasteiger partial charge in [0.1, 0.15) is 5.82 Å². The van der Waals surface area contributed by atoms with Crippen LogP contribution >= 0.6 is 0 Å². The number of nitrogens with one attached hydrogen (secondary N) is 1. The Morgan fingerprint density at radius 3 is 2.41 bits per heavy atom. The lowest BCUT2D eigenvalue weighted by Crippen LogP contribution is -2.29. The van der Waals surface area contributed by atoms with Crippen LogP contribution in [0.1, 0.15) is 25.3 Å². The molecule has 0 radical (unpaired) electrons. The number of aromatic nitrogens is 2. The zero-order valence-corrected chi connectivity index (χ0v) is 15.5. The van der Waals surface area contributed by atoms with Gasteiger partial charge in [-0.25, -0.2) is 9.18 Å². The molecule has 6 heteroatoms. The molecule has 0 atom stereocenters. The first-order valence-electron chi connectivity index (χ1n) is 9.29. The normalized spacial score (nSPS) is 11.0. The zero-order valence-electron chi connectivity index (χ0n) is 15.5. The summed E-state index contributed by atoms with van der Waals surface area (Å²) in [5, 5.41) is 2.84. The van der Waals surface area contributed by atoms with Gasteiger partial charge in [0.2, 0.25) is 5.91 Å². The van der Waals surface area contributed by atoms with E-state index in [9.17, 15) is 14.0 Å². The quantitative estimate of drug-likeness (QED) is 0.663. The first kappa shape index (κ1) is 18.9. The summed E-state index contributed by atoms with van der Waals surface area (Å²) >= 11 is 0. The van der Waals surface area contributed by atoms with Crippen molar-refractivity contribution in [2.75, 3.05) is 6.54 Å². The van der Waals surface area contributed by atoms with Gasteiger partial charge < -0.3 is 5.32 Å². The topological polar surface area (TPSA) is 56.0 Å². The number of hydrogen-bond donors (Lipinski definition) is 1. The van der Waals surface area contributed by atoms with E-state index in [4.69, 9.17) is 0 Å². The Hall–Kier alpha value is -2.89. The van der Waals surface area contributed by atoms with Gasteiger partial charge in [0.25, 0.3) is 0 Å². The summed E-state index contributed by atoms with van der Waals surface area (Å²) in [6.07, 6.45) is 1.66. The van der Waals surface area contributed by atoms with Crippen LogP contribution in [0.4, 0.5) is 4.39 Å². The average molecular weight is 369 g/mol. The second-order valence-corrected chi connectivity index (χ2v) is 6.55. The molecule has 0 fully saturated rings. The highest BCUT2D eigenvalue weighted by Crippen LogP contribution is 2.13. The molecule has 0 saturated heterocycles. The predicted octanol–water partition coefficient (Wildman–Crippen LogP) is 3.10. The van der Waals surface area contributed by atoms with Crippen LogP contribution in [0.3, 0.4) is 0 Å². The molecule has 3 aromatic rings. The maximum Gasteiger partial charge on any atom is 0.329 e. The van der Waals surface area contributed by atoms with Gasteiger partial charge in [-0.15, -0.1) is 0 Å². The van der Waals surface area contributed by atoms with Crippen molar-refractivity contribution >= 4 is 16.9 Å². The Morgan fingerprint density at radius 1 is 1.04 bits per heavy atom. The number of carbonyl (C=O) groups excluding carboxylic acids is 1. The lowest BCUT2D eigenvalue weighted by atomic mass is 10.1. The van der Waals surface area contributed by atoms with Crippen molar-refractivity contribution in [1.29, 1.82) is 0 Å². The fourth-order valence-corrected chi connectivity index (χ4v) is 3.27. The number of imidazole rings is 1. The number of aryl methyl sites for hydroxylation is 2. The van der Waals surface area contributed by atoms with Crippen molar-refractivity contribution in [1.82, 2.24) is 14.5 Å². The van der Waals surface area contributed by atoms with Crippen LogP contribution in [0.5, 0.6) is 0 Å². The lowest BCUT2D eigenvalue weighted by molar-refractivity contribution is -0.121. The summed E-state index contributed by atoms with van der Waals surface area (Å²) in [4.78, 5) is 24.8. The molecule has 0 bridgehead atoms. The SMILES string of the molecule is CCCn1c(=O)n(CCC(=O)NCCc2cccc(F)c2)c2ccccc21. The Morgan fingerprint density at radius 2 is 1.74 bits per heavy atom. The summed E-state index contributed by atoms with van der Waals surface area (Å²) < 4.78 is 16.6. The number of hydrogen-bond acceptors (Lipinski definition) is 2. The van der Waals surface area contributed by atoms with Crippen LogP contribution < -0.4 is 11.0 Å². The van der Waals surface area contributed by atoms with E-state index in [1.165, 1.54) is 12.1 Å². The molecule has 0 saturated carbocycles. The molecular formula is C21H24FN3O2. The van der Waals surface area contributed by atoms with Crippen LogP contribution in [0.15, 0.2) is 53.3 Å². The fraction of sp³-hybridized carbons (Fsp3) is 0.333. The summed E-state index contributed by atoms with van der Waals surface area (Å²) in [5.74, 6) is -0.396. The van der Waals surface area contributed by atoms with Gasteiger partial charge >= 0.3 is 5.69 Å². The highest BCUT2D eigenvalue weighted by atomic mass is 19.1. The van der Waals surface area contributed by atoms with Crippen molar-refractivity contribution in [3.05, 3.63) is 70.4 Å². The first-order chi connectivity index (χ1) is 13.1. The highest BCUT2D eigenvalue weighted by Gasteiger charge is 2.13. The van der Waals surface area contributed by atoms with E-state index < -0.39 is 0 Å². The van der Waals surface area contributed by atoms with Crippen LogP contribution in [0, 0.1) is 5.82 Å². The smallest absolute Gasteiger partial charge is 0.329 e. The minimum atomic E-state index is -0.276. The number of benzene rings is 2. The monoisotopic (exact) mass is 369 g/mol. The van der Waals surface area contributed by atoms with Crippen LogP contribution in [-0.2, 0) is 24.3 Å². The fourth-order valence-electron chi connectivity index (χ4n) is 3.27. The Bertz CT molecular complexity index is 991. The zero-order chi connectivity index (χ0) is 19.2. The number of rotatable bonds is 8. The molecule has 1 amide bonds. The third-order valence-corrected chi connectivity index (χ3v) is 4.56. The highest BCUT2D eigenvalue weighted by molar-refractivity contribution is 5.78. The van der Waals surface area contributed by atoms with E-state index in [-0.39, 0.29) is 23.8 Å². The number of carbonyl (C=O) groups is 1. The van der Waals surface area contributed by atoms with E-state index >= 15 is 0 Å². The van der Waals surface area contributed by atoms with Gasteiger partial charge in [0.05, 0.1) is 11.0 Å². The van der Waals surface area contributed by atoms with Crippen LogP contribution in [-0.4, -0.2) is 21.6 Å². The molecule has 1 aromatic heterocycles. The van der Waals surface area contributed by atoms with Gasteiger partial charge in [-0.3, -0.25) is 13.9 Å². The van der Waals surface area contributed by atoms with Gasteiger partial charge in [0.15, 0.2) is 0 Å². The lowest BCUT2D eigenvalue weighted by Gasteiger charge is -2.06. The van der Waals surface area contributed by atoms with E-state index in [1.807, 2.05) is 37.3 Å². The molecule has 5 nitrogen and oxygen atoms in total. The molecule has 1 heterocycles. The second kappa shape index (κ2) is 8.66. The maximum atomic E-state index is 13.2. The van der Waals surface area contributed by atoms with E-state index in [2.05, 4.69) is 5.32 Å². The minimum Gasteiger partial charge on any atom is -0.356 e. The molecular weight excluding hydrogens is 345 g/mol. The molecule has 0 aliphatic heterocycles. The number of halogens is 1. The van der Waals surface area contributed by atoms with Crippen molar-refractivity contribution in [3.63, 3.8) is 0 Å². The summed E-state index contributed by atoms with van der Waals surface area (Å²) in [5.41, 5.74) is 2.51. The van der Waals surface area contributed by atoms with Crippen molar-refractivity contribution in [2.45, 2.75) is 39.3 Å². The number of nitrogens with zero attached hydrogens (tertiary/aromatic N) is 2. The molecule has 1 N–H and O–H groups in total. The predicted molar refractivity (Wildman–Crippen MR) is 104 cm³/mol. The van der Waals surface area contributed by atoms with Crippen LogP contribution in [0.2, 0.25) is 0 Å². The summed E-state index contributed by atoms with van der Waals surface area (Å²) in [6.45, 7) is 3.47. The third-order valence-electron chi connectivity index (χ3n) is 4.56. The van der Waals surface area contributed by atoms with Crippen molar-refractivity contribution < 1.29 is 9.18 Å². The van der Waals surface area contributed by atoms with Gasteiger partial charge in [0, 0.05) is 26.1 Å². The number of fused-ring (bicyclic) bond motifs is 1. The number of para-hydroxylation sites is 2. The molecule has 2 aromatic carbocycles.